The number of carbonyl (C=O) groups is 2. The lowest BCUT2D eigenvalue weighted by Crippen LogP contribution is -3.16. The van der Waals surface area contributed by atoms with Crippen LogP contribution in [0.3, 0.4) is 0 Å². The largest absolute Gasteiger partial charge is 0.464 e. The quantitative estimate of drug-likeness (QED) is 0.585. The lowest BCUT2D eigenvalue weighted by molar-refractivity contribution is -0.906. The lowest BCUT2D eigenvalue weighted by Gasteiger charge is -2.27. The second-order valence-corrected chi connectivity index (χ2v) is 7.53. The number of nitrogens with one attached hydrogen (secondary N) is 1. The van der Waals surface area contributed by atoms with Crippen molar-refractivity contribution in [2.24, 2.45) is 0 Å². The van der Waals surface area contributed by atoms with Crippen LogP contribution in [0.5, 0.6) is 0 Å². The van der Waals surface area contributed by atoms with Crippen LogP contribution >= 0.6 is 0 Å². The molecule has 1 heterocycles. The van der Waals surface area contributed by atoms with Crippen LogP contribution in [0.4, 0.5) is 0 Å². The van der Waals surface area contributed by atoms with Gasteiger partial charge in [0.1, 0.15) is 11.5 Å². The fourth-order valence-electron chi connectivity index (χ4n) is 3.13. The van der Waals surface area contributed by atoms with Crippen molar-refractivity contribution in [2.75, 3.05) is 26.2 Å². The van der Waals surface area contributed by atoms with E-state index in [0.717, 1.165) is 22.8 Å². The van der Waals surface area contributed by atoms with Gasteiger partial charge in [-0.1, -0.05) is 30.3 Å². The summed E-state index contributed by atoms with van der Waals surface area (Å²) in [6.07, 6.45) is 0.765. The number of esters is 1. The van der Waals surface area contributed by atoms with Crippen LogP contribution in [0.1, 0.15) is 37.9 Å². The summed E-state index contributed by atoms with van der Waals surface area (Å²) in [5, 5.41) is 0. The van der Waals surface area contributed by atoms with Crippen molar-refractivity contribution in [1.29, 1.82) is 0 Å². The first kappa shape index (κ1) is 22.7. The summed E-state index contributed by atoms with van der Waals surface area (Å²) in [5.74, 6) is 1.32. The van der Waals surface area contributed by atoms with Crippen molar-refractivity contribution in [2.45, 2.75) is 46.7 Å². The predicted octanol–water partition coefficient (Wildman–Crippen LogP) is 2.02. The van der Waals surface area contributed by atoms with E-state index in [1.54, 1.807) is 6.92 Å². The van der Waals surface area contributed by atoms with E-state index < -0.39 is 0 Å². The summed E-state index contributed by atoms with van der Waals surface area (Å²) in [6.45, 7) is 9.47. The van der Waals surface area contributed by atoms with Gasteiger partial charge in [0.2, 0.25) is 0 Å². The standard InChI is InChI=1S/C23H32N2O4/c1-5-28-23(27)17-25(18(2)3)16-22(26)24(15-21-12-11-19(4)29-21)14-13-20-9-7-6-8-10-20/h6-12,18H,5,13-17H2,1-4H3/p+1. The summed E-state index contributed by atoms with van der Waals surface area (Å²) < 4.78 is 10.8. The highest BCUT2D eigenvalue weighted by atomic mass is 16.5. The van der Waals surface area contributed by atoms with Crippen LogP contribution in [-0.2, 0) is 27.3 Å². The van der Waals surface area contributed by atoms with E-state index in [9.17, 15) is 9.59 Å². The molecule has 0 aliphatic heterocycles. The molecule has 6 nitrogen and oxygen atoms in total. The topological polar surface area (TPSA) is 64.2 Å². The van der Waals surface area contributed by atoms with Crippen LogP contribution in [0.2, 0.25) is 0 Å². The summed E-state index contributed by atoms with van der Waals surface area (Å²) in [6, 6.07) is 14.1. The fourth-order valence-corrected chi connectivity index (χ4v) is 3.13. The zero-order chi connectivity index (χ0) is 21.2. The van der Waals surface area contributed by atoms with Crippen LogP contribution in [0, 0.1) is 6.92 Å². The third-order valence-electron chi connectivity index (χ3n) is 4.88. The Balaban J connectivity index is 2.07. The molecular formula is C23H33N2O4+. The Morgan fingerprint density at radius 1 is 1.10 bits per heavy atom. The SMILES string of the molecule is CCOC(=O)C[NH+](CC(=O)N(CCc1ccccc1)Cc1ccc(C)o1)C(C)C. The third kappa shape index (κ3) is 7.74. The summed E-state index contributed by atoms with van der Waals surface area (Å²) in [7, 11) is 0. The van der Waals surface area contributed by atoms with Crippen molar-refractivity contribution in [3.8, 4) is 0 Å². The molecule has 0 aliphatic rings. The van der Waals surface area contributed by atoms with E-state index in [2.05, 4.69) is 12.1 Å². The number of hydrogen-bond acceptors (Lipinski definition) is 4. The Morgan fingerprint density at radius 3 is 2.41 bits per heavy atom. The van der Waals surface area contributed by atoms with Crippen LogP contribution in [-0.4, -0.2) is 49.1 Å². The molecule has 1 aromatic heterocycles. The lowest BCUT2D eigenvalue weighted by atomic mass is 10.1. The predicted molar refractivity (Wildman–Crippen MR) is 111 cm³/mol. The molecule has 0 bridgehead atoms. The van der Waals surface area contributed by atoms with Crippen LogP contribution < -0.4 is 4.90 Å². The van der Waals surface area contributed by atoms with E-state index in [4.69, 9.17) is 9.15 Å². The van der Waals surface area contributed by atoms with E-state index in [1.165, 1.54) is 5.56 Å². The van der Waals surface area contributed by atoms with Gasteiger partial charge >= 0.3 is 5.97 Å². The zero-order valence-electron chi connectivity index (χ0n) is 17.9. The number of quaternary nitrogens is 1. The highest BCUT2D eigenvalue weighted by Gasteiger charge is 2.25. The Labute approximate surface area is 173 Å². The number of furan rings is 1. The maximum atomic E-state index is 13.1. The molecule has 1 N–H and O–H groups in total. The van der Waals surface area contributed by atoms with E-state index in [0.29, 0.717) is 19.7 Å². The second kappa shape index (κ2) is 11.4. The molecule has 0 saturated carbocycles. The maximum Gasteiger partial charge on any atom is 0.361 e. The second-order valence-electron chi connectivity index (χ2n) is 7.53. The number of carbonyl (C=O) groups excluding carboxylic acids is 2. The Bertz CT molecular complexity index is 770. The number of amides is 1. The minimum absolute atomic E-state index is 0.00276. The number of hydrogen-bond donors (Lipinski definition) is 1. The first-order valence-electron chi connectivity index (χ1n) is 10.3. The number of benzene rings is 1. The number of aryl methyl sites for hydroxylation is 1. The Kier molecular flexibility index (Phi) is 8.93. The van der Waals surface area contributed by atoms with Gasteiger partial charge in [-0.2, -0.15) is 0 Å². The zero-order valence-corrected chi connectivity index (χ0v) is 17.9. The van der Waals surface area contributed by atoms with Gasteiger partial charge < -0.3 is 19.0 Å². The van der Waals surface area contributed by atoms with Gasteiger partial charge in [0.05, 0.1) is 19.2 Å². The molecule has 0 aliphatic carbocycles. The molecule has 158 valence electrons. The van der Waals surface area contributed by atoms with Gasteiger partial charge in [-0.25, -0.2) is 4.79 Å². The van der Waals surface area contributed by atoms with Crippen molar-refractivity contribution in [3.63, 3.8) is 0 Å². The average molecular weight is 402 g/mol. The molecule has 1 atom stereocenters. The minimum Gasteiger partial charge on any atom is -0.464 e. The fraction of sp³-hybridized carbons (Fsp3) is 0.478. The Hall–Kier alpha value is -2.60. The third-order valence-corrected chi connectivity index (χ3v) is 4.88. The molecule has 0 fully saturated rings. The van der Waals surface area contributed by atoms with Crippen molar-refractivity contribution >= 4 is 11.9 Å². The van der Waals surface area contributed by atoms with Gasteiger partial charge in [-0.05, 0) is 51.8 Å². The smallest absolute Gasteiger partial charge is 0.361 e. The van der Waals surface area contributed by atoms with Crippen LogP contribution in [0.15, 0.2) is 46.9 Å². The molecule has 0 spiro atoms. The highest BCUT2D eigenvalue weighted by molar-refractivity contribution is 5.77. The van der Waals surface area contributed by atoms with E-state index >= 15 is 0 Å². The molecule has 0 radical (unpaired) electrons. The molecule has 1 aromatic carbocycles. The number of rotatable bonds is 11. The van der Waals surface area contributed by atoms with Gasteiger partial charge in [0, 0.05) is 6.54 Å². The molecule has 1 amide bonds. The van der Waals surface area contributed by atoms with Crippen molar-refractivity contribution in [1.82, 2.24) is 4.90 Å². The summed E-state index contributed by atoms with van der Waals surface area (Å²) in [4.78, 5) is 27.8. The minimum atomic E-state index is -0.276. The molecule has 2 rings (SSSR count). The monoisotopic (exact) mass is 401 g/mol. The molecule has 2 aromatic rings. The number of ether oxygens (including phenoxy) is 1. The highest BCUT2D eigenvalue weighted by Crippen LogP contribution is 2.11. The summed E-state index contributed by atoms with van der Waals surface area (Å²) in [5.41, 5.74) is 1.18. The van der Waals surface area contributed by atoms with Gasteiger partial charge in [-0.15, -0.1) is 0 Å². The van der Waals surface area contributed by atoms with Crippen molar-refractivity contribution < 1.29 is 23.6 Å². The first-order chi connectivity index (χ1) is 13.9. The normalized spacial score (nSPS) is 12.0. The molecule has 0 saturated heterocycles. The number of nitrogens with zero attached hydrogens (tertiary/aromatic N) is 1. The van der Waals surface area contributed by atoms with Crippen molar-refractivity contribution in [3.05, 3.63) is 59.5 Å². The first-order valence-corrected chi connectivity index (χ1v) is 10.3. The maximum absolute atomic E-state index is 13.1. The van der Waals surface area contributed by atoms with E-state index in [-0.39, 0.29) is 31.0 Å². The average Bonchev–Trinajstić information content (AvgIpc) is 3.10. The molecule has 6 heteroatoms. The van der Waals surface area contributed by atoms with Gasteiger partial charge in [0.15, 0.2) is 13.1 Å². The van der Waals surface area contributed by atoms with Gasteiger partial charge in [0.25, 0.3) is 5.91 Å². The van der Waals surface area contributed by atoms with Gasteiger partial charge in [-0.3, -0.25) is 4.79 Å². The Morgan fingerprint density at radius 2 is 1.83 bits per heavy atom. The molecular weight excluding hydrogens is 368 g/mol. The molecule has 29 heavy (non-hydrogen) atoms. The molecule has 1 unspecified atom stereocenters. The van der Waals surface area contributed by atoms with Crippen LogP contribution in [0.25, 0.3) is 0 Å². The summed E-state index contributed by atoms with van der Waals surface area (Å²) >= 11 is 0. The van der Waals surface area contributed by atoms with E-state index in [1.807, 2.05) is 56.0 Å².